The molecule has 1 aliphatic carbocycles. The van der Waals surface area contributed by atoms with Gasteiger partial charge in [0.1, 0.15) is 5.15 Å². The molecule has 1 aromatic rings. The third-order valence-electron chi connectivity index (χ3n) is 3.01. The van der Waals surface area contributed by atoms with Gasteiger partial charge in [0, 0.05) is 6.54 Å². The summed E-state index contributed by atoms with van der Waals surface area (Å²) in [6.45, 7) is 0.629. The van der Waals surface area contributed by atoms with E-state index in [1.165, 1.54) is 24.3 Å². The maximum Gasteiger partial charge on any atom is 0.253 e. The molecule has 3 N–H and O–H groups in total. The SMILES string of the molecule is Nc1cnc(Cl)cc1C(=O)NCCC1=CCCC1. The van der Waals surface area contributed by atoms with E-state index in [1.54, 1.807) is 0 Å². The highest BCUT2D eigenvalue weighted by atomic mass is 35.5. The normalized spacial score (nSPS) is 14.4. The number of allylic oxidation sites excluding steroid dienone is 1. The minimum absolute atomic E-state index is 0.199. The largest absolute Gasteiger partial charge is 0.397 e. The van der Waals surface area contributed by atoms with Gasteiger partial charge in [0.15, 0.2) is 0 Å². The summed E-state index contributed by atoms with van der Waals surface area (Å²) in [7, 11) is 0. The number of carbonyl (C=O) groups is 1. The minimum atomic E-state index is -0.199. The highest BCUT2D eigenvalue weighted by Crippen LogP contribution is 2.20. The van der Waals surface area contributed by atoms with Crippen molar-refractivity contribution in [2.75, 3.05) is 12.3 Å². The molecule has 1 aliphatic rings. The Bertz CT molecular complexity index is 485. The first-order valence-electron chi connectivity index (χ1n) is 6.04. The summed E-state index contributed by atoms with van der Waals surface area (Å²) >= 11 is 5.74. The van der Waals surface area contributed by atoms with E-state index in [2.05, 4.69) is 16.4 Å². The molecule has 0 saturated carbocycles. The van der Waals surface area contributed by atoms with Crippen LogP contribution in [0.3, 0.4) is 0 Å². The Labute approximate surface area is 111 Å². The topological polar surface area (TPSA) is 68.0 Å². The number of hydrogen-bond donors (Lipinski definition) is 2. The first kappa shape index (κ1) is 12.9. The van der Waals surface area contributed by atoms with Gasteiger partial charge < -0.3 is 11.1 Å². The maximum absolute atomic E-state index is 11.9. The van der Waals surface area contributed by atoms with Gasteiger partial charge in [-0.15, -0.1) is 0 Å². The van der Waals surface area contributed by atoms with Crippen LogP contribution in [0.15, 0.2) is 23.9 Å². The van der Waals surface area contributed by atoms with E-state index in [0.717, 1.165) is 19.3 Å². The Morgan fingerprint density at radius 1 is 1.56 bits per heavy atom. The molecule has 0 aliphatic heterocycles. The van der Waals surface area contributed by atoms with Crippen LogP contribution in [-0.4, -0.2) is 17.4 Å². The molecule has 18 heavy (non-hydrogen) atoms. The van der Waals surface area contributed by atoms with Gasteiger partial charge in [-0.05, 0) is 31.7 Å². The van der Waals surface area contributed by atoms with Crippen molar-refractivity contribution in [3.8, 4) is 0 Å². The molecule has 96 valence electrons. The van der Waals surface area contributed by atoms with E-state index >= 15 is 0 Å². The first-order valence-corrected chi connectivity index (χ1v) is 6.42. The number of hydrogen-bond acceptors (Lipinski definition) is 3. The monoisotopic (exact) mass is 265 g/mol. The van der Waals surface area contributed by atoms with Gasteiger partial charge in [-0.1, -0.05) is 23.3 Å². The molecule has 1 aromatic heterocycles. The summed E-state index contributed by atoms with van der Waals surface area (Å²) in [5, 5.41) is 3.12. The molecule has 0 fully saturated rings. The standard InChI is InChI=1S/C13H16ClN3O/c14-12-7-10(11(15)8-17-12)13(18)16-6-5-9-3-1-2-4-9/h3,7-8H,1-2,4-6,15H2,(H,16,18). The number of nitrogens with one attached hydrogen (secondary N) is 1. The molecular formula is C13H16ClN3O. The summed E-state index contributed by atoms with van der Waals surface area (Å²) in [5.41, 5.74) is 7.85. The Morgan fingerprint density at radius 3 is 3.11 bits per heavy atom. The highest BCUT2D eigenvalue weighted by Gasteiger charge is 2.11. The second-order valence-corrected chi connectivity index (χ2v) is 4.74. The fourth-order valence-corrected chi connectivity index (χ4v) is 2.19. The quantitative estimate of drug-likeness (QED) is 0.649. The van der Waals surface area contributed by atoms with Crippen molar-refractivity contribution in [3.05, 3.63) is 34.6 Å². The molecule has 1 amide bonds. The number of anilines is 1. The van der Waals surface area contributed by atoms with Gasteiger partial charge in [0.25, 0.3) is 5.91 Å². The molecule has 0 radical (unpaired) electrons. The van der Waals surface area contributed by atoms with Gasteiger partial charge in [-0.25, -0.2) is 4.98 Å². The Hall–Kier alpha value is -1.55. The molecule has 0 aromatic carbocycles. The van der Waals surface area contributed by atoms with Crippen molar-refractivity contribution < 1.29 is 4.79 Å². The molecule has 4 nitrogen and oxygen atoms in total. The van der Waals surface area contributed by atoms with Crippen molar-refractivity contribution in [1.82, 2.24) is 10.3 Å². The lowest BCUT2D eigenvalue weighted by atomic mass is 10.1. The zero-order valence-corrected chi connectivity index (χ0v) is 10.8. The lowest BCUT2D eigenvalue weighted by Crippen LogP contribution is -2.25. The maximum atomic E-state index is 11.9. The third-order valence-corrected chi connectivity index (χ3v) is 3.22. The summed E-state index contributed by atoms with van der Waals surface area (Å²) in [6, 6.07) is 1.49. The average Bonchev–Trinajstić information content (AvgIpc) is 2.85. The number of halogens is 1. The number of nitrogen functional groups attached to an aromatic ring is 1. The fourth-order valence-electron chi connectivity index (χ4n) is 2.03. The molecule has 0 saturated heterocycles. The minimum Gasteiger partial charge on any atom is -0.397 e. The van der Waals surface area contributed by atoms with E-state index in [9.17, 15) is 4.79 Å². The Kier molecular flexibility index (Phi) is 4.20. The molecule has 1 heterocycles. The van der Waals surface area contributed by atoms with Crippen LogP contribution >= 0.6 is 11.6 Å². The number of rotatable bonds is 4. The van der Waals surface area contributed by atoms with E-state index < -0.39 is 0 Å². The second-order valence-electron chi connectivity index (χ2n) is 4.35. The van der Waals surface area contributed by atoms with E-state index in [4.69, 9.17) is 17.3 Å². The number of amides is 1. The van der Waals surface area contributed by atoms with Crippen LogP contribution in [0.1, 0.15) is 36.0 Å². The predicted molar refractivity (Wildman–Crippen MR) is 72.5 cm³/mol. The van der Waals surface area contributed by atoms with Crippen LogP contribution in [-0.2, 0) is 0 Å². The summed E-state index contributed by atoms with van der Waals surface area (Å²) < 4.78 is 0. The Morgan fingerprint density at radius 2 is 2.39 bits per heavy atom. The summed E-state index contributed by atoms with van der Waals surface area (Å²) in [5.74, 6) is -0.199. The number of carbonyl (C=O) groups excluding carboxylic acids is 1. The molecule has 0 spiro atoms. The van der Waals surface area contributed by atoms with Crippen LogP contribution in [0.2, 0.25) is 5.15 Å². The van der Waals surface area contributed by atoms with Crippen molar-refractivity contribution in [3.63, 3.8) is 0 Å². The summed E-state index contributed by atoms with van der Waals surface area (Å²) in [6.07, 6.45) is 8.11. The zero-order valence-electron chi connectivity index (χ0n) is 10.1. The van der Waals surface area contributed by atoms with Crippen LogP contribution < -0.4 is 11.1 Å². The van der Waals surface area contributed by atoms with Crippen molar-refractivity contribution >= 4 is 23.2 Å². The van der Waals surface area contributed by atoms with Crippen molar-refractivity contribution in [2.45, 2.75) is 25.7 Å². The van der Waals surface area contributed by atoms with Crippen molar-refractivity contribution in [1.29, 1.82) is 0 Å². The number of nitrogens with two attached hydrogens (primary N) is 1. The van der Waals surface area contributed by atoms with Crippen LogP contribution in [0.5, 0.6) is 0 Å². The van der Waals surface area contributed by atoms with Crippen LogP contribution in [0, 0.1) is 0 Å². The van der Waals surface area contributed by atoms with E-state index in [1.807, 2.05) is 0 Å². The lowest BCUT2D eigenvalue weighted by Gasteiger charge is -2.08. The fraction of sp³-hybridized carbons (Fsp3) is 0.385. The highest BCUT2D eigenvalue weighted by molar-refractivity contribution is 6.29. The molecule has 0 bridgehead atoms. The molecule has 2 rings (SSSR count). The molecule has 0 atom stereocenters. The van der Waals surface area contributed by atoms with Crippen molar-refractivity contribution in [2.24, 2.45) is 0 Å². The van der Waals surface area contributed by atoms with Gasteiger partial charge in [-0.2, -0.15) is 0 Å². The second kappa shape index (κ2) is 5.87. The number of aromatic nitrogens is 1. The molecule has 0 unspecified atom stereocenters. The zero-order chi connectivity index (χ0) is 13.0. The van der Waals surface area contributed by atoms with E-state index in [0.29, 0.717) is 17.8 Å². The van der Waals surface area contributed by atoms with Gasteiger partial charge >= 0.3 is 0 Å². The average molecular weight is 266 g/mol. The lowest BCUT2D eigenvalue weighted by molar-refractivity contribution is 0.0955. The summed E-state index contributed by atoms with van der Waals surface area (Å²) in [4.78, 5) is 15.7. The molecule has 5 heteroatoms. The smallest absolute Gasteiger partial charge is 0.253 e. The van der Waals surface area contributed by atoms with Gasteiger partial charge in [0.05, 0.1) is 17.4 Å². The third kappa shape index (κ3) is 3.23. The van der Waals surface area contributed by atoms with Gasteiger partial charge in [-0.3, -0.25) is 4.79 Å². The molecular weight excluding hydrogens is 250 g/mol. The van der Waals surface area contributed by atoms with Crippen LogP contribution in [0.4, 0.5) is 5.69 Å². The van der Waals surface area contributed by atoms with Gasteiger partial charge in [0.2, 0.25) is 0 Å². The van der Waals surface area contributed by atoms with E-state index in [-0.39, 0.29) is 11.1 Å². The number of pyridine rings is 1. The predicted octanol–water partition coefficient (Wildman–Crippen LogP) is 2.55. The van der Waals surface area contributed by atoms with Crippen LogP contribution in [0.25, 0.3) is 0 Å². The Balaban J connectivity index is 1.89. The number of nitrogens with zero attached hydrogens (tertiary/aromatic N) is 1. The first-order chi connectivity index (χ1) is 8.66.